The number of hydrogen-bond donors (Lipinski definition) is 0. The number of benzene rings is 2. The largest absolute Gasteiger partial charge is 0.358 e. The summed E-state index contributed by atoms with van der Waals surface area (Å²) in [5.41, 5.74) is 1.34. The molecule has 3 aromatic rings. The van der Waals surface area contributed by atoms with Gasteiger partial charge in [0.25, 0.3) is 0 Å². The maximum Gasteiger partial charge on any atom is 0.340 e. The van der Waals surface area contributed by atoms with E-state index in [1.54, 1.807) is 19.1 Å². The number of nitrogens with zero attached hydrogens (tertiary/aromatic N) is 2. The van der Waals surface area contributed by atoms with Gasteiger partial charge in [0.15, 0.2) is 0 Å². The van der Waals surface area contributed by atoms with Crippen LogP contribution in [0.5, 0.6) is 5.88 Å². The zero-order valence-corrected chi connectivity index (χ0v) is 18.6. The highest BCUT2D eigenvalue weighted by molar-refractivity contribution is 7.87. The van der Waals surface area contributed by atoms with Gasteiger partial charge in [-0.25, -0.2) is 4.68 Å². The van der Waals surface area contributed by atoms with Gasteiger partial charge in [0.05, 0.1) is 17.3 Å². The van der Waals surface area contributed by atoms with Gasteiger partial charge in [-0.15, -0.1) is 6.58 Å². The maximum absolute atomic E-state index is 13.2. The van der Waals surface area contributed by atoms with E-state index in [0.29, 0.717) is 10.7 Å². The molecule has 1 heterocycles. The summed E-state index contributed by atoms with van der Waals surface area (Å²) in [4.78, 5) is 13.2. The van der Waals surface area contributed by atoms with Crippen LogP contribution in [-0.2, 0) is 16.7 Å². The van der Waals surface area contributed by atoms with Crippen molar-refractivity contribution >= 4 is 39.1 Å². The second-order valence-corrected chi connectivity index (χ2v) is 8.93. The van der Waals surface area contributed by atoms with Crippen molar-refractivity contribution in [3.05, 3.63) is 87.5 Å². The van der Waals surface area contributed by atoms with E-state index in [1.807, 2.05) is 6.92 Å². The van der Waals surface area contributed by atoms with Crippen LogP contribution in [0.25, 0.3) is 0 Å². The highest BCUT2D eigenvalue weighted by Gasteiger charge is 2.29. The monoisotopic (exact) mass is 464 g/mol. The van der Waals surface area contributed by atoms with Gasteiger partial charge in [0.1, 0.15) is 10.5 Å². The Morgan fingerprint density at radius 3 is 2.43 bits per heavy atom. The molecule has 0 saturated heterocycles. The minimum Gasteiger partial charge on any atom is -0.358 e. The van der Waals surface area contributed by atoms with Gasteiger partial charge in [0, 0.05) is 10.6 Å². The first-order chi connectivity index (χ1) is 14.1. The number of allylic oxidation sites excluding steroid dienone is 1. The second kappa shape index (κ2) is 8.63. The fourth-order valence-electron chi connectivity index (χ4n) is 2.82. The number of rotatable bonds is 7. The van der Waals surface area contributed by atoms with Crippen LogP contribution in [0, 0.1) is 13.8 Å². The summed E-state index contributed by atoms with van der Waals surface area (Å²) in [5.74, 6) is -0.734. The Kier molecular flexibility index (Phi) is 6.36. The van der Waals surface area contributed by atoms with Crippen molar-refractivity contribution in [3.63, 3.8) is 0 Å². The molecule has 0 unspecified atom stereocenters. The molecule has 0 spiro atoms. The first-order valence-electron chi connectivity index (χ1n) is 8.83. The third-order valence-corrected chi connectivity index (χ3v) is 6.06. The van der Waals surface area contributed by atoms with Crippen molar-refractivity contribution in [2.45, 2.75) is 25.3 Å². The zero-order valence-electron chi connectivity index (χ0n) is 16.2. The molecule has 0 bridgehead atoms. The number of carbonyl (C=O) groups is 1. The zero-order chi connectivity index (χ0) is 22.1. The highest BCUT2D eigenvalue weighted by atomic mass is 35.5. The molecule has 6 nitrogen and oxygen atoms in total. The van der Waals surface area contributed by atoms with E-state index in [-0.39, 0.29) is 33.5 Å². The Morgan fingerprint density at radius 2 is 1.83 bits per heavy atom. The summed E-state index contributed by atoms with van der Waals surface area (Å²) in [6, 6.07) is 10.6. The summed E-state index contributed by atoms with van der Waals surface area (Å²) in [5, 5.41) is 4.76. The van der Waals surface area contributed by atoms with E-state index >= 15 is 0 Å². The molecule has 0 amide bonds. The number of aryl methyl sites for hydroxylation is 2. The van der Waals surface area contributed by atoms with Gasteiger partial charge >= 0.3 is 10.1 Å². The molecular formula is C21H18Cl2N2O4S. The lowest BCUT2D eigenvalue weighted by atomic mass is 10.0. The Bertz CT molecular complexity index is 1230. The van der Waals surface area contributed by atoms with Crippen molar-refractivity contribution in [2.24, 2.45) is 0 Å². The van der Waals surface area contributed by atoms with Gasteiger partial charge in [-0.3, -0.25) is 4.79 Å². The summed E-state index contributed by atoms with van der Waals surface area (Å²) in [7, 11) is -4.21. The van der Waals surface area contributed by atoms with Gasteiger partial charge in [0.2, 0.25) is 11.7 Å². The molecule has 156 valence electrons. The standard InChI is InChI=1S/C21H18Cl2N2O4S/c1-4-11-25-21(29-30(27,28)16-8-5-13(2)6-9-16)19(14(3)24-25)20(26)17-10-7-15(22)12-18(17)23/h4-10,12H,1,11H2,2-3H3. The van der Waals surface area contributed by atoms with Crippen molar-refractivity contribution in [2.75, 3.05) is 0 Å². The maximum atomic E-state index is 13.2. The van der Waals surface area contributed by atoms with E-state index < -0.39 is 15.9 Å². The molecule has 9 heteroatoms. The lowest BCUT2D eigenvalue weighted by Gasteiger charge is -2.11. The summed E-state index contributed by atoms with van der Waals surface area (Å²) in [6.45, 7) is 7.21. The molecule has 0 atom stereocenters. The third kappa shape index (κ3) is 4.43. The van der Waals surface area contributed by atoms with Crippen LogP contribution in [0.2, 0.25) is 10.0 Å². The fraction of sp³-hybridized carbons (Fsp3) is 0.143. The van der Waals surface area contributed by atoms with Crippen LogP contribution >= 0.6 is 23.2 Å². The molecule has 3 rings (SSSR count). The molecule has 0 aliphatic heterocycles. The van der Waals surface area contributed by atoms with E-state index in [1.165, 1.54) is 41.1 Å². The number of hydrogen-bond acceptors (Lipinski definition) is 5. The molecule has 1 aromatic heterocycles. The molecule has 0 fully saturated rings. The van der Waals surface area contributed by atoms with Gasteiger partial charge in [-0.2, -0.15) is 13.5 Å². The van der Waals surface area contributed by atoms with E-state index in [9.17, 15) is 13.2 Å². The van der Waals surface area contributed by atoms with Crippen molar-refractivity contribution in [3.8, 4) is 5.88 Å². The smallest absolute Gasteiger partial charge is 0.340 e. The molecule has 0 aliphatic rings. The Morgan fingerprint density at radius 1 is 1.17 bits per heavy atom. The topological polar surface area (TPSA) is 78.3 Å². The molecule has 0 N–H and O–H groups in total. The summed E-state index contributed by atoms with van der Waals surface area (Å²) >= 11 is 12.1. The van der Waals surface area contributed by atoms with Crippen LogP contribution in [0.3, 0.4) is 0 Å². The van der Waals surface area contributed by atoms with Crippen LogP contribution < -0.4 is 4.18 Å². The molecule has 2 aromatic carbocycles. The van der Waals surface area contributed by atoms with E-state index in [0.717, 1.165) is 5.56 Å². The normalized spacial score (nSPS) is 11.3. The Hall–Kier alpha value is -2.61. The number of aromatic nitrogens is 2. The molecular weight excluding hydrogens is 447 g/mol. The van der Waals surface area contributed by atoms with Gasteiger partial charge < -0.3 is 4.18 Å². The van der Waals surface area contributed by atoms with Crippen LogP contribution in [0.1, 0.15) is 27.2 Å². The summed E-state index contributed by atoms with van der Waals surface area (Å²) in [6.07, 6.45) is 1.52. The minimum atomic E-state index is -4.21. The minimum absolute atomic E-state index is 0.00300. The molecule has 0 saturated carbocycles. The quantitative estimate of drug-likeness (QED) is 0.279. The SMILES string of the molecule is C=CCn1nc(C)c(C(=O)c2ccc(Cl)cc2Cl)c1OS(=O)(=O)c1ccc(C)cc1. The first kappa shape index (κ1) is 22.1. The predicted molar refractivity (Wildman–Crippen MR) is 116 cm³/mol. The fourth-order valence-corrected chi connectivity index (χ4v) is 4.25. The van der Waals surface area contributed by atoms with Crippen LogP contribution in [0.4, 0.5) is 0 Å². The van der Waals surface area contributed by atoms with Crippen LogP contribution in [-0.4, -0.2) is 24.0 Å². The number of carbonyl (C=O) groups excluding carboxylic acids is 1. The Labute approximate surface area is 184 Å². The third-order valence-electron chi connectivity index (χ3n) is 4.28. The molecule has 0 aliphatic carbocycles. The lowest BCUT2D eigenvalue weighted by molar-refractivity contribution is 0.103. The van der Waals surface area contributed by atoms with Crippen LogP contribution in [0.15, 0.2) is 60.0 Å². The van der Waals surface area contributed by atoms with E-state index in [2.05, 4.69) is 11.7 Å². The summed E-state index contributed by atoms with van der Waals surface area (Å²) < 4.78 is 32.4. The first-order valence-corrected chi connectivity index (χ1v) is 11.0. The molecule has 0 radical (unpaired) electrons. The van der Waals surface area contributed by atoms with Crippen molar-refractivity contribution in [1.82, 2.24) is 9.78 Å². The van der Waals surface area contributed by atoms with Crippen molar-refractivity contribution in [1.29, 1.82) is 0 Å². The molecule has 30 heavy (non-hydrogen) atoms. The second-order valence-electron chi connectivity index (χ2n) is 6.54. The highest BCUT2D eigenvalue weighted by Crippen LogP contribution is 2.31. The van der Waals surface area contributed by atoms with Gasteiger partial charge in [-0.1, -0.05) is 47.0 Å². The number of ketones is 1. The van der Waals surface area contributed by atoms with Gasteiger partial charge in [-0.05, 0) is 44.2 Å². The average molecular weight is 465 g/mol. The van der Waals surface area contributed by atoms with Crippen molar-refractivity contribution < 1.29 is 17.4 Å². The predicted octanol–water partition coefficient (Wildman–Crippen LogP) is 4.99. The van der Waals surface area contributed by atoms with E-state index in [4.69, 9.17) is 27.4 Å². The number of halogens is 2. The average Bonchev–Trinajstić information content (AvgIpc) is 2.96. The lowest BCUT2D eigenvalue weighted by Crippen LogP contribution is -2.15. The Balaban J connectivity index is 2.12.